The van der Waals surface area contributed by atoms with E-state index in [4.69, 9.17) is 15.6 Å². The Kier molecular flexibility index (Phi) is 3.67. The molecular weight excluding hydrogens is 168 g/mol. The van der Waals surface area contributed by atoms with Crippen LogP contribution in [0, 0.1) is 0 Å². The Balaban J connectivity index is 2.69. The zero-order chi connectivity index (χ0) is 9.68. The van der Waals surface area contributed by atoms with Crippen molar-refractivity contribution >= 4 is 0 Å². The summed E-state index contributed by atoms with van der Waals surface area (Å²) in [5.74, 6) is 0.580. The molecule has 1 aromatic heterocycles. The first-order valence-corrected chi connectivity index (χ1v) is 4.23. The van der Waals surface area contributed by atoms with Crippen molar-refractivity contribution in [3.05, 3.63) is 23.9 Å². The molecule has 1 aromatic rings. The van der Waals surface area contributed by atoms with Crippen LogP contribution in [0.15, 0.2) is 18.3 Å². The zero-order valence-corrected chi connectivity index (χ0v) is 7.60. The number of pyridine rings is 1. The van der Waals surface area contributed by atoms with Gasteiger partial charge in [0.1, 0.15) is 0 Å². The summed E-state index contributed by atoms with van der Waals surface area (Å²) >= 11 is 0. The Labute approximate surface area is 77.4 Å². The van der Waals surface area contributed by atoms with E-state index in [0.29, 0.717) is 12.5 Å². The number of nitrogens with two attached hydrogens (primary N) is 1. The fraction of sp³-hybridized carbons (Fsp3) is 0.444. The van der Waals surface area contributed by atoms with Crippen molar-refractivity contribution in [3.63, 3.8) is 0 Å². The van der Waals surface area contributed by atoms with Crippen molar-refractivity contribution in [1.82, 2.24) is 4.98 Å². The lowest BCUT2D eigenvalue weighted by atomic mass is 10.1. The van der Waals surface area contributed by atoms with Crippen molar-refractivity contribution in [2.45, 2.75) is 13.0 Å². The van der Waals surface area contributed by atoms with Crippen LogP contribution >= 0.6 is 0 Å². The highest BCUT2D eigenvalue weighted by Gasteiger charge is 2.04. The van der Waals surface area contributed by atoms with Crippen molar-refractivity contribution in [2.24, 2.45) is 5.73 Å². The average Bonchev–Trinajstić information content (AvgIpc) is 2.18. The minimum absolute atomic E-state index is 0.0737. The number of hydrogen-bond acceptors (Lipinski definition) is 4. The molecule has 0 radical (unpaired) electrons. The third-order valence-corrected chi connectivity index (χ3v) is 1.68. The lowest BCUT2D eigenvalue weighted by molar-refractivity contribution is 0.267. The van der Waals surface area contributed by atoms with E-state index in [1.54, 1.807) is 18.3 Å². The van der Waals surface area contributed by atoms with Gasteiger partial charge in [-0.15, -0.1) is 0 Å². The molecule has 72 valence electrons. The molecule has 1 atom stereocenters. The average molecular weight is 182 g/mol. The second-order valence-electron chi connectivity index (χ2n) is 2.65. The molecule has 0 aromatic carbocycles. The quantitative estimate of drug-likeness (QED) is 0.710. The fourth-order valence-corrected chi connectivity index (χ4v) is 0.950. The number of hydrogen-bond donors (Lipinski definition) is 2. The second-order valence-corrected chi connectivity index (χ2v) is 2.65. The number of rotatable bonds is 4. The molecule has 0 spiro atoms. The van der Waals surface area contributed by atoms with E-state index >= 15 is 0 Å². The molecular formula is C9H14N2O2. The van der Waals surface area contributed by atoms with Gasteiger partial charge in [0, 0.05) is 12.3 Å². The molecule has 0 bridgehead atoms. The number of aromatic nitrogens is 1. The molecule has 4 heteroatoms. The first-order valence-electron chi connectivity index (χ1n) is 4.23. The van der Waals surface area contributed by atoms with Gasteiger partial charge in [-0.05, 0) is 12.5 Å². The van der Waals surface area contributed by atoms with Gasteiger partial charge in [-0.2, -0.15) is 0 Å². The Morgan fingerprint density at radius 1 is 1.62 bits per heavy atom. The van der Waals surface area contributed by atoms with E-state index < -0.39 is 0 Å². The Morgan fingerprint density at radius 3 is 2.85 bits per heavy atom. The minimum Gasteiger partial charge on any atom is -0.478 e. The lowest BCUT2D eigenvalue weighted by Gasteiger charge is -2.08. The topological polar surface area (TPSA) is 68.4 Å². The largest absolute Gasteiger partial charge is 0.478 e. The van der Waals surface area contributed by atoms with E-state index in [1.807, 2.05) is 6.92 Å². The summed E-state index contributed by atoms with van der Waals surface area (Å²) in [7, 11) is 0. The van der Waals surface area contributed by atoms with E-state index in [9.17, 15) is 0 Å². The molecule has 1 rings (SSSR count). The van der Waals surface area contributed by atoms with Crippen LogP contribution in [0.5, 0.6) is 5.88 Å². The monoisotopic (exact) mass is 182 g/mol. The van der Waals surface area contributed by atoms with Crippen molar-refractivity contribution in [2.75, 3.05) is 13.2 Å². The van der Waals surface area contributed by atoms with Crippen LogP contribution in [0.3, 0.4) is 0 Å². The molecule has 13 heavy (non-hydrogen) atoms. The highest BCUT2D eigenvalue weighted by atomic mass is 16.5. The highest BCUT2D eigenvalue weighted by molar-refractivity contribution is 5.20. The van der Waals surface area contributed by atoms with E-state index in [1.165, 1.54) is 0 Å². The summed E-state index contributed by atoms with van der Waals surface area (Å²) in [6, 6.07) is 3.19. The van der Waals surface area contributed by atoms with Gasteiger partial charge in [0.15, 0.2) is 0 Å². The Bertz CT molecular complexity index is 248. The lowest BCUT2D eigenvalue weighted by Crippen LogP contribution is -2.14. The zero-order valence-electron chi connectivity index (χ0n) is 7.60. The Morgan fingerprint density at radius 2 is 2.38 bits per heavy atom. The second kappa shape index (κ2) is 4.79. The SMILES string of the molecule is CCOc1ccc(C(N)CO)cn1. The molecule has 1 heterocycles. The van der Waals surface area contributed by atoms with Gasteiger partial charge in [-0.1, -0.05) is 6.07 Å². The summed E-state index contributed by atoms with van der Waals surface area (Å²) in [4.78, 5) is 4.02. The normalized spacial score (nSPS) is 12.5. The number of aliphatic hydroxyl groups excluding tert-OH is 1. The molecule has 1 unspecified atom stereocenters. The van der Waals surface area contributed by atoms with Crippen LogP contribution in [0.1, 0.15) is 18.5 Å². The molecule has 0 amide bonds. The summed E-state index contributed by atoms with van der Waals surface area (Å²) < 4.78 is 5.16. The van der Waals surface area contributed by atoms with Crippen LogP contribution in [0.4, 0.5) is 0 Å². The van der Waals surface area contributed by atoms with Gasteiger partial charge in [-0.3, -0.25) is 0 Å². The standard InChI is InChI=1S/C9H14N2O2/c1-2-13-9-4-3-7(5-11-9)8(10)6-12/h3-5,8,12H,2,6,10H2,1H3. The predicted molar refractivity (Wildman–Crippen MR) is 49.4 cm³/mol. The maximum Gasteiger partial charge on any atom is 0.213 e. The first-order chi connectivity index (χ1) is 6.27. The first kappa shape index (κ1) is 9.95. The van der Waals surface area contributed by atoms with Crippen molar-refractivity contribution in [3.8, 4) is 5.88 Å². The molecule has 0 saturated heterocycles. The van der Waals surface area contributed by atoms with Crippen LogP contribution in [0.2, 0.25) is 0 Å². The molecule has 3 N–H and O–H groups in total. The number of nitrogens with zero attached hydrogens (tertiary/aromatic N) is 1. The summed E-state index contributed by atoms with van der Waals surface area (Å²) in [5, 5.41) is 8.78. The van der Waals surface area contributed by atoms with Crippen LogP contribution in [-0.2, 0) is 0 Å². The summed E-state index contributed by atoms with van der Waals surface area (Å²) in [6.45, 7) is 2.42. The maximum atomic E-state index is 8.78. The molecule has 0 saturated carbocycles. The van der Waals surface area contributed by atoms with Gasteiger partial charge in [-0.25, -0.2) is 4.98 Å². The minimum atomic E-state index is -0.358. The molecule has 4 nitrogen and oxygen atoms in total. The van der Waals surface area contributed by atoms with Crippen LogP contribution in [-0.4, -0.2) is 23.3 Å². The van der Waals surface area contributed by atoms with Crippen molar-refractivity contribution < 1.29 is 9.84 Å². The Hall–Kier alpha value is -1.13. The van der Waals surface area contributed by atoms with E-state index in [2.05, 4.69) is 4.98 Å². The third kappa shape index (κ3) is 2.68. The maximum absolute atomic E-state index is 8.78. The number of aliphatic hydroxyl groups is 1. The van der Waals surface area contributed by atoms with E-state index in [0.717, 1.165) is 5.56 Å². The van der Waals surface area contributed by atoms with Gasteiger partial charge in [0.05, 0.1) is 19.3 Å². The van der Waals surface area contributed by atoms with Gasteiger partial charge in [0.25, 0.3) is 0 Å². The number of ether oxygens (including phenoxy) is 1. The van der Waals surface area contributed by atoms with Crippen LogP contribution < -0.4 is 10.5 Å². The summed E-state index contributed by atoms with van der Waals surface area (Å²) in [6.07, 6.45) is 1.62. The smallest absolute Gasteiger partial charge is 0.213 e. The van der Waals surface area contributed by atoms with E-state index in [-0.39, 0.29) is 12.6 Å². The van der Waals surface area contributed by atoms with Crippen LogP contribution in [0.25, 0.3) is 0 Å². The predicted octanol–water partition coefficient (Wildman–Crippen LogP) is 0.472. The van der Waals surface area contributed by atoms with Crippen molar-refractivity contribution in [1.29, 1.82) is 0 Å². The fourth-order valence-electron chi connectivity index (χ4n) is 0.950. The van der Waals surface area contributed by atoms with Gasteiger partial charge < -0.3 is 15.6 Å². The molecule has 0 aliphatic rings. The molecule has 0 aliphatic heterocycles. The molecule has 0 aliphatic carbocycles. The van der Waals surface area contributed by atoms with Gasteiger partial charge in [0.2, 0.25) is 5.88 Å². The summed E-state index contributed by atoms with van der Waals surface area (Å²) in [5.41, 5.74) is 6.40. The third-order valence-electron chi connectivity index (χ3n) is 1.68. The van der Waals surface area contributed by atoms with Gasteiger partial charge >= 0.3 is 0 Å². The molecule has 0 fully saturated rings. The highest BCUT2D eigenvalue weighted by Crippen LogP contribution is 2.12.